The molecule has 1 aliphatic heterocycles. The number of aliphatic hydroxyl groups is 1. The summed E-state index contributed by atoms with van der Waals surface area (Å²) in [4.78, 5) is 2.47. The summed E-state index contributed by atoms with van der Waals surface area (Å²) in [6, 6.07) is 8.79. The lowest BCUT2D eigenvalue weighted by Crippen LogP contribution is -2.49. The van der Waals surface area contributed by atoms with E-state index in [1.807, 2.05) is 13.0 Å². The van der Waals surface area contributed by atoms with E-state index in [0.29, 0.717) is 12.1 Å². The van der Waals surface area contributed by atoms with Crippen molar-refractivity contribution in [2.24, 2.45) is 0 Å². The van der Waals surface area contributed by atoms with Gasteiger partial charge >= 0.3 is 0 Å². The maximum atomic E-state index is 10.2. The molecule has 104 valence electrons. The molecule has 0 amide bonds. The highest BCUT2D eigenvalue weighted by molar-refractivity contribution is 5.56. The first-order valence-corrected chi connectivity index (χ1v) is 7.46. The molecule has 2 fully saturated rings. The Balaban J connectivity index is 1.92. The van der Waals surface area contributed by atoms with Gasteiger partial charge in [0.2, 0.25) is 0 Å². The van der Waals surface area contributed by atoms with Crippen LogP contribution >= 0.6 is 0 Å². The molecule has 0 radical (unpaired) electrons. The van der Waals surface area contributed by atoms with Crippen LogP contribution in [0.2, 0.25) is 0 Å². The van der Waals surface area contributed by atoms with Crippen LogP contribution < -0.4 is 4.90 Å². The second-order valence-electron chi connectivity index (χ2n) is 5.58. The molecular formula is C16H23NO2. The molecule has 1 saturated heterocycles. The molecular weight excluding hydrogens is 238 g/mol. The number of nitrogens with zero attached hydrogens (tertiary/aromatic N) is 1. The SMILES string of the molecule is CC[C@@H](O)c1ccccc1N1CCOC2CCCC21. The van der Waals surface area contributed by atoms with Crippen molar-refractivity contribution in [2.45, 2.75) is 50.9 Å². The molecule has 2 aliphatic rings. The first-order valence-electron chi connectivity index (χ1n) is 7.46. The van der Waals surface area contributed by atoms with Crippen LogP contribution in [0.1, 0.15) is 44.3 Å². The van der Waals surface area contributed by atoms with E-state index in [2.05, 4.69) is 23.1 Å². The normalized spacial score (nSPS) is 28.2. The van der Waals surface area contributed by atoms with E-state index in [1.54, 1.807) is 0 Å². The van der Waals surface area contributed by atoms with Gasteiger partial charge in [-0.25, -0.2) is 0 Å². The Hall–Kier alpha value is -1.06. The second kappa shape index (κ2) is 5.51. The van der Waals surface area contributed by atoms with Crippen molar-refractivity contribution in [3.05, 3.63) is 29.8 Å². The number of rotatable bonds is 3. The van der Waals surface area contributed by atoms with Crippen LogP contribution in [0, 0.1) is 0 Å². The number of aliphatic hydroxyl groups excluding tert-OH is 1. The summed E-state index contributed by atoms with van der Waals surface area (Å²) in [5.41, 5.74) is 2.27. The van der Waals surface area contributed by atoms with Gasteiger partial charge in [0.05, 0.1) is 24.9 Å². The Labute approximate surface area is 115 Å². The molecule has 3 heteroatoms. The van der Waals surface area contributed by atoms with Gasteiger partial charge in [-0.3, -0.25) is 0 Å². The summed E-state index contributed by atoms with van der Waals surface area (Å²) in [6.45, 7) is 3.77. The number of anilines is 1. The first-order chi connectivity index (χ1) is 9.31. The van der Waals surface area contributed by atoms with Crippen LogP contribution in [0.25, 0.3) is 0 Å². The summed E-state index contributed by atoms with van der Waals surface area (Å²) >= 11 is 0. The highest BCUT2D eigenvalue weighted by Crippen LogP contribution is 2.36. The van der Waals surface area contributed by atoms with Crippen LogP contribution in [-0.4, -0.2) is 30.4 Å². The minimum atomic E-state index is -0.362. The molecule has 3 nitrogen and oxygen atoms in total. The molecule has 3 atom stereocenters. The summed E-state index contributed by atoms with van der Waals surface area (Å²) in [5.74, 6) is 0. The molecule has 0 bridgehead atoms. The Kier molecular flexibility index (Phi) is 3.76. The molecule has 2 unspecified atom stereocenters. The van der Waals surface area contributed by atoms with Crippen LogP contribution in [0.5, 0.6) is 0 Å². The van der Waals surface area contributed by atoms with Gasteiger partial charge in [0.25, 0.3) is 0 Å². The minimum absolute atomic E-state index is 0.362. The zero-order chi connectivity index (χ0) is 13.2. The number of fused-ring (bicyclic) bond motifs is 1. The highest BCUT2D eigenvalue weighted by Gasteiger charge is 2.37. The maximum Gasteiger partial charge on any atom is 0.0807 e. The third kappa shape index (κ3) is 2.37. The zero-order valence-electron chi connectivity index (χ0n) is 11.6. The van der Waals surface area contributed by atoms with Crippen LogP contribution in [0.15, 0.2) is 24.3 Å². The van der Waals surface area contributed by atoms with Crippen molar-refractivity contribution in [2.75, 3.05) is 18.1 Å². The summed E-state index contributed by atoms with van der Waals surface area (Å²) in [5, 5.41) is 10.2. The van der Waals surface area contributed by atoms with Gasteiger partial charge in [-0.2, -0.15) is 0 Å². The van der Waals surface area contributed by atoms with E-state index >= 15 is 0 Å². The molecule has 1 aliphatic carbocycles. The van der Waals surface area contributed by atoms with Crippen molar-refractivity contribution in [1.29, 1.82) is 0 Å². The van der Waals surface area contributed by atoms with Gasteiger partial charge < -0.3 is 14.7 Å². The number of hydrogen-bond acceptors (Lipinski definition) is 3. The lowest BCUT2D eigenvalue weighted by molar-refractivity contribution is 0.0253. The predicted molar refractivity (Wildman–Crippen MR) is 76.4 cm³/mol. The van der Waals surface area contributed by atoms with Crippen molar-refractivity contribution < 1.29 is 9.84 Å². The van der Waals surface area contributed by atoms with Gasteiger partial charge in [-0.1, -0.05) is 25.1 Å². The fourth-order valence-electron chi connectivity index (χ4n) is 3.48. The van der Waals surface area contributed by atoms with E-state index in [4.69, 9.17) is 4.74 Å². The molecule has 1 aromatic rings. The number of morpholine rings is 1. The van der Waals surface area contributed by atoms with E-state index in [9.17, 15) is 5.11 Å². The molecule has 1 N–H and O–H groups in total. The number of para-hydroxylation sites is 1. The first kappa shape index (κ1) is 12.9. The highest BCUT2D eigenvalue weighted by atomic mass is 16.5. The number of benzene rings is 1. The van der Waals surface area contributed by atoms with Gasteiger partial charge in [-0.15, -0.1) is 0 Å². The Morgan fingerprint density at radius 1 is 1.37 bits per heavy atom. The van der Waals surface area contributed by atoms with Crippen LogP contribution in [0.3, 0.4) is 0 Å². The van der Waals surface area contributed by atoms with Gasteiger partial charge in [0.1, 0.15) is 0 Å². The molecule has 1 saturated carbocycles. The van der Waals surface area contributed by atoms with Crippen molar-refractivity contribution in [1.82, 2.24) is 0 Å². The summed E-state index contributed by atoms with van der Waals surface area (Å²) in [6.07, 6.45) is 4.43. The lowest BCUT2D eigenvalue weighted by Gasteiger charge is -2.40. The van der Waals surface area contributed by atoms with Crippen molar-refractivity contribution >= 4 is 5.69 Å². The maximum absolute atomic E-state index is 10.2. The monoisotopic (exact) mass is 261 g/mol. The summed E-state index contributed by atoms with van der Waals surface area (Å²) < 4.78 is 5.88. The molecule has 19 heavy (non-hydrogen) atoms. The average Bonchev–Trinajstić information content (AvgIpc) is 2.94. The Bertz CT molecular complexity index is 435. The van der Waals surface area contributed by atoms with Gasteiger partial charge in [0.15, 0.2) is 0 Å². The topological polar surface area (TPSA) is 32.7 Å². The van der Waals surface area contributed by atoms with Crippen molar-refractivity contribution in [3.8, 4) is 0 Å². The molecule has 3 rings (SSSR count). The number of hydrogen-bond donors (Lipinski definition) is 1. The van der Waals surface area contributed by atoms with Gasteiger partial charge in [-0.05, 0) is 31.7 Å². The smallest absolute Gasteiger partial charge is 0.0807 e. The quantitative estimate of drug-likeness (QED) is 0.908. The minimum Gasteiger partial charge on any atom is -0.388 e. The number of ether oxygens (including phenoxy) is 1. The Morgan fingerprint density at radius 3 is 3.05 bits per heavy atom. The predicted octanol–water partition coefficient (Wildman–Crippen LogP) is 2.89. The molecule has 0 aromatic heterocycles. The van der Waals surface area contributed by atoms with E-state index in [0.717, 1.165) is 25.1 Å². The fourth-order valence-corrected chi connectivity index (χ4v) is 3.48. The van der Waals surface area contributed by atoms with Crippen LogP contribution in [-0.2, 0) is 4.74 Å². The van der Waals surface area contributed by atoms with E-state index in [1.165, 1.54) is 24.9 Å². The zero-order valence-corrected chi connectivity index (χ0v) is 11.6. The average molecular weight is 261 g/mol. The molecule has 1 heterocycles. The second-order valence-corrected chi connectivity index (χ2v) is 5.58. The van der Waals surface area contributed by atoms with Crippen molar-refractivity contribution in [3.63, 3.8) is 0 Å². The van der Waals surface area contributed by atoms with Crippen LogP contribution in [0.4, 0.5) is 5.69 Å². The van der Waals surface area contributed by atoms with Gasteiger partial charge in [0, 0.05) is 17.8 Å². The standard InChI is InChI=1S/C16H23NO2/c1-2-15(18)12-6-3-4-7-13(12)17-10-11-19-16-9-5-8-14(16)17/h3-4,6-7,14-16,18H,2,5,8-11H2,1H3/t14?,15-,16?/m1/s1. The lowest BCUT2D eigenvalue weighted by atomic mass is 10.0. The molecule has 1 aromatic carbocycles. The largest absolute Gasteiger partial charge is 0.388 e. The fraction of sp³-hybridized carbons (Fsp3) is 0.625. The third-order valence-corrected chi connectivity index (χ3v) is 4.47. The third-order valence-electron chi connectivity index (χ3n) is 4.47. The molecule has 0 spiro atoms. The Morgan fingerprint density at radius 2 is 2.21 bits per heavy atom. The van der Waals surface area contributed by atoms with E-state index in [-0.39, 0.29) is 6.10 Å². The van der Waals surface area contributed by atoms with E-state index < -0.39 is 0 Å². The summed E-state index contributed by atoms with van der Waals surface area (Å²) in [7, 11) is 0.